The molecule has 0 aliphatic carbocycles. The Balaban J connectivity index is 2.46. The first kappa shape index (κ1) is 16.5. The maximum absolute atomic E-state index is 11.1. The molecule has 0 saturated heterocycles. The van der Waals surface area contributed by atoms with Crippen LogP contribution in [-0.2, 0) is 4.79 Å². The average molecular weight is 320 g/mol. The third kappa shape index (κ3) is 3.46. The Bertz CT molecular complexity index is 751. The standard InChI is InChI=1S/C17H18ClNO3/c1-10(20)14-9-13(18)12-5-4-11(8-15(12)19-14)6-7-17(2,3)16(21)22/h4-10,20H,1-3H3,(H,21,22)/t10-/m1/s1. The van der Waals surface area contributed by atoms with Crippen LogP contribution in [0.4, 0.5) is 0 Å². The Morgan fingerprint density at radius 3 is 2.64 bits per heavy atom. The van der Waals surface area contributed by atoms with Gasteiger partial charge in [-0.3, -0.25) is 4.79 Å². The molecule has 0 bridgehead atoms. The highest BCUT2D eigenvalue weighted by Crippen LogP contribution is 2.27. The number of aliphatic carboxylic acids is 1. The Hall–Kier alpha value is -1.91. The van der Waals surface area contributed by atoms with Crippen molar-refractivity contribution < 1.29 is 15.0 Å². The number of rotatable bonds is 4. The lowest BCUT2D eigenvalue weighted by Gasteiger charge is -2.13. The molecule has 0 amide bonds. The Labute approximate surface area is 134 Å². The summed E-state index contributed by atoms with van der Waals surface area (Å²) in [5, 5.41) is 20.1. The van der Waals surface area contributed by atoms with Crippen LogP contribution >= 0.6 is 11.6 Å². The predicted molar refractivity (Wildman–Crippen MR) is 87.8 cm³/mol. The number of aliphatic hydroxyl groups excluding tert-OH is 1. The van der Waals surface area contributed by atoms with Crippen LogP contribution in [0.15, 0.2) is 30.3 Å². The molecular formula is C17H18ClNO3. The van der Waals surface area contributed by atoms with Gasteiger partial charge >= 0.3 is 5.97 Å². The van der Waals surface area contributed by atoms with E-state index >= 15 is 0 Å². The fourth-order valence-electron chi connectivity index (χ4n) is 1.92. The molecule has 0 saturated carbocycles. The van der Waals surface area contributed by atoms with Crippen molar-refractivity contribution >= 4 is 34.5 Å². The van der Waals surface area contributed by atoms with Crippen molar-refractivity contribution in [3.05, 3.63) is 46.6 Å². The zero-order chi connectivity index (χ0) is 16.5. The summed E-state index contributed by atoms with van der Waals surface area (Å²) in [5.74, 6) is -0.887. The normalized spacial score (nSPS) is 13.7. The molecule has 0 spiro atoms. The van der Waals surface area contributed by atoms with Crippen LogP contribution in [0.25, 0.3) is 17.0 Å². The van der Waals surface area contributed by atoms with Crippen molar-refractivity contribution in [1.82, 2.24) is 4.98 Å². The highest BCUT2D eigenvalue weighted by Gasteiger charge is 2.23. The number of pyridine rings is 1. The minimum atomic E-state index is -0.943. The fourth-order valence-corrected chi connectivity index (χ4v) is 2.19. The second kappa shape index (κ2) is 6.07. The van der Waals surface area contributed by atoms with Gasteiger partial charge in [-0.15, -0.1) is 0 Å². The molecule has 2 aromatic rings. The lowest BCUT2D eigenvalue weighted by Crippen LogP contribution is -2.20. The van der Waals surface area contributed by atoms with Crippen molar-refractivity contribution in [1.29, 1.82) is 0 Å². The molecule has 1 atom stereocenters. The first-order chi connectivity index (χ1) is 10.2. The maximum atomic E-state index is 11.1. The molecule has 0 aliphatic rings. The lowest BCUT2D eigenvalue weighted by molar-refractivity contribution is -0.144. The van der Waals surface area contributed by atoms with Crippen LogP contribution in [0.5, 0.6) is 0 Å². The lowest BCUT2D eigenvalue weighted by atomic mass is 9.92. The van der Waals surface area contributed by atoms with E-state index in [1.807, 2.05) is 18.2 Å². The van der Waals surface area contributed by atoms with Crippen molar-refractivity contribution in [2.75, 3.05) is 0 Å². The topological polar surface area (TPSA) is 70.4 Å². The summed E-state index contributed by atoms with van der Waals surface area (Å²) in [6, 6.07) is 7.16. The number of fused-ring (bicyclic) bond motifs is 1. The summed E-state index contributed by atoms with van der Waals surface area (Å²) in [4.78, 5) is 15.5. The summed E-state index contributed by atoms with van der Waals surface area (Å²) in [6.45, 7) is 4.89. The van der Waals surface area contributed by atoms with E-state index in [2.05, 4.69) is 4.98 Å². The molecule has 2 N–H and O–H groups in total. The molecule has 0 fully saturated rings. The van der Waals surface area contributed by atoms with Crippen molar-refractivity contribution in [3.8, 4) is 0 Å². The molecule has 1 aromatic carbocycles. The van der Waals surface area contributed by atoms with Gasteiger partial charge in [-0.05, 0) is 38.5 Å². The van der Waals surface area contributed by atoms with Crippen molar-refractivity contribution in [2.45, 2.75) is 26.9 Å². The second-order valence-corrected chi connectivity index (χ2v) is 6.25. The van der Waals surface area contributed by atoms with Crippen LogP contribution in [0, 0.1) is 5.41 Å². The molecule has 0 unspecified atom stereocenters. The first-order valence-corrected chi connectivity index (χ1v) is 7.29. The van der Waals surface area contributed by atoms with Crippen LogP contribution in [-0.4, -0.2) is 21.2 Å². The second-order valence-electron chi connectivity index (χ2n) is 5.84. The van der Waals surface area contributed by atoms with E-state index in [1.54, 1.807) is 39.0 Å². The van der Waals surface area contributed by atoms with E-state index in [0.717, 1.165) is 10.9 Å². The number of carboxylic acids is 1. The van der Waals surface area contributed by atoms with Gasteiger partial charge in [-0.25, -0.2) is 4.98 Å². The van der Waals surface area contributed by atoms with Gasteiger partial charge in [0.05, 0.1) is 27.8 Å². The highest BCUT2D eigenvalue weighted by atomic mass is 35.5. The zero-order valence-corrected chi connectivity index (χ0v) is 13.4. The minimum absolute atomic E-state index is 0.504. The average Bonchev–Trinajstić information content (AvgIpc) is 2.44. The Morgan fingerprint density at radius 2 is 2.05 bits per heavy atom. The summed E-state index contributed by atoms with van der Waals surface area (Å²) >= 11 is 6.20. The molecular weight excluding hydrogens is 302 g/mol. The Kier molecular flexibility index (Phi) is 4.54. The van der Waals surface area contributed by atoms with Gasteiger partial charge in [0, 0.05) is 5.39 Å². The monoisotopic (exact) mass is 319 g/mol. The Morgan fingerprint density at radius 1 is 1.36 bits per heavy atom. The van der Waals surface area contributed by atoms with Gasteiger partial charge in [0.2, 0.25) is 0 Å². The van der Waals surface area contributed by atoms with Crippen LogP contribution in [0.1, 0.15) is 38.1 Å². The smallest absolute Gasteiger partial charge is 0.312 e. The molecule has 116 valence electrons. The number of aromatic nitrogens is 1. The number of hydrogen-bond acceptors (Lipinski definition) is 3. The number of carboxylic acid groups (broad SMARTS) is 1. The van der Waals surface area contributed by atoms with Gasteiger partial charge in [-0.1, -0.05) is 35.9 Å². The number of nitrogens with zero attached hydrogens (tertiary/aromatic N) is 1. The predicted octanol–water partition coefficient (Wildman–Crippen LogP) is 4.07. The quantitative estimate of drug-likeness (QED) is 0.891. The summed E-state index contributed by atoms with van der Waals surface area (Å²) in [6.07, 6.45) is 2.68. The first-order valence-electron chi connectivity index (χ1n) is 6.91. The van der Waals surface area contributed by atoms with Crippen LogP contribution in [0.2, 0.25) is 5.02 Å². The van der Waals surface area contributed by atoms with Crippen LogP contribution < -0.4 is 0 Å². The maximum Gasteiger partial charge on any atom is 0.312 e. The molecule has 1 aromatic heterocycles. The van der Waals surface area contributed by atoms with E-state index in [1.165, 1.54) is 0 Å². The molecule has 0 radical (unpaired) electrons. The van der Waals surface area contributed by atoms with Gasteiger partial charge in [0.15, 0.2) is 0 Å². The van der Waals surface area contributed by atoms with E-state index in [0.29, 0.717) is 16.2 Å². The fraction of sp³-hybridized carbons (Fsp3) is 0.294. The summed E-state index contributed by atoms with van der Waals surface area (Å²) in [5.41, 5.74) is 1.05. The van der Waals surface area contributed by atoms with E-state index < -0.39 is 17.5 Å². The van der Waals surface area contributed by atoms with Gasteiger partial charge in [0.1, 0.15) is 0 Å². The van der Waals surface area contributed by atoms with Crippen molar-refractivity contribution in [3.63, 3.8) is 0 Å². The largest absolute Gasteiger partial charge is 0.481 e. The van der Waals surface area contributed by atoms with Crippen LogP contribution in [0.3, 0.4) is 0 Å². The molecule has 1 heterocycles. The number of halogens is 1. The molecule has 5 heteroatoms. The number of hydrogen-bond donors (Lipinski definition) is 2. The summed E-state index contributed by atoms with van der Waals surface area (Å²) < 4.78 is 0. The van der Waals surface area contributed by atoms with Gasteiger partial charge in [0.25, 0.3) is 0 Å². The third-order valence-electron chi connectivity index (χ3n) is 3.47. The minimum Gasteiger partial charge on any atom is -0.481 e. The van der Waals surface area contributed by atoms with E-state index in [9.17, 15) is 9.90 Å². The molecule has 22 heavy (non-hydrogen) atoms. The molecule has 0 aliphatic heterocycles. The number of aliphatic hydroxyl groups is 1. The summed E-state index contributed by atoms with van der Waals surface area (Å²) in [7, 11) is 0. The van der Waals surface area contributed by atoms with Gasteiger partial charge < -0.3 is 10.2 Å². The SMILES string of the molecule is C[C@@H](O)c1cc(Cl)c2ccc(C=CC(C)(C)C(=O)O)cc2n1. The molecule has 2 rings (SSSR count). The zero-order valence-electron chi connectivity index (χ0n) is 12.7. The third-order valence-corrected chi connectivity index (χ3v) is 3.79. The number of carbonyl (C=O) groups is 1. The number of benzene rings is 1. The van der Waals surface area contributed by atoms with E-state index in [-0.39, 0.29) is 0 Å². The molecule has 4 nitrogen and oxygen atoms in total. The van der Waals surface area contributed by atoms with Gasteiger partial charge in [-0.2, -0.15) is 0 Å². The van der Waals surface area contributed by atoms with Crippen molar-refractivity contribution in [2.24, 2.45) is 5.41 Å². The highest BCUT2D eigenvalue weighted by molar-refractivity contribution is 6.35. The van der Waals surface area contributed by atoms with E-state index in [4.69, 9.17) is 16.7 Å².